The second-order valence-electron chi connectivity index (χ2n) is 6.31. The minimum Gasteiger partial charge on any atom is -0.438 e. The van der Waals surface area contributed by atoms with Gasteiger partial charge in [-0.3, -0.25) is 4.98 Å². The van der Waals surface area contributed by atoms with E-state index >= 15 is 0 Å². The number of halogens is 5. The van der Waals surface area contributed by atoms with Crippen molar-refractivity contribution >= 4 is 21.1 Å². The van der Waals surface area contributed by atoms with Gasteiger partial charge in [-0.15, -0.1) is 0 Å². The van der Waals surface area contributed by atoms with Gasteiger partial charge >= 0.3 is 10.2 Å². The van der Waals surface area contributed by atoms with Crippen LogP contribution in [0.25, 0.3) is 22.0 Å². The van der Waals surface area contributed by atoms with E-state index in [9.17, 15) is 19.4 Å². The minimum atomic E-state index is -9.72. The number of ether oxygens (including phenoxy) is 1. The fourth-order valence-electron chi connectivity index (χ4n) is 2.81. The predicted octanol–water partition coefficient (Wildman–Crippen LogP) is 7.75. The number of nitrogens with zero attached hydrogens (tertiary/aromatic N) is 2. The highest BCUT2D eigenvalue weighted by atomic mass is 32.5. The van der Waals surface area contributed by atoms with Crippen molar-refractivity contribution in [3.8, 4) is 22.8 Å². The van der Waals surface area contributed by atoms with Crippen LogP contribution in [0.3, 0.4) is 0 Å². The average molecular weight is 424 g/mol. The van der Waals surface area contributed by atoms with E-state index in [0.29, 0.717) is 17.7 Å². The Hall–Kier alpha value is -3.20. The fraction of sp³-hybridized carbons (Fsp3) is 0. The summed E-state index contributed by atoms with van der Waals surface area (Å²) < 4.78 is 69.9. The summed E-state index contributed by atoms with van der Waals surface area (Å²) >= 11 is 0. The van der Waals surface area contributed by atoms with Gasteiger partial charge in [-0.2, -0.15) is 0 Å². The molecule has 0 aliphatic carbocycles. The molecule has 0 N–H and O–H groups in total. The summed E-state index contributed by atoms with van der Waals surface area (Å²) in [6.45, 7) is 0. The Morgan fingerprint density at radius 2 is 1.41 bits per heavy atom. The molecule has 0 bridgehead atoms. The van der Waals surface area contributed by atoms with Gasteiger partial charge in [0, 0.05) is 23.3 Å². The second-order valence-corrected chi connectivity index (χ2v) is 8.72. The molecule has 9 heteroatoms. The first-order valence-electron chi connectivity index (χ1n) is 8.32. The molecule has 0 spiro atoms. The van der Waals surface area contributed by atoms with Gasteiger partial charge < -0.3 is 4.74 Å². The van der Waals surface area contributed by atoms with Crippen molar-refractivity contribution in [3.05, 3.63) is 79.1 Å². The maximum atomic E-state index is 12.9. The zero-order chi connectivity index (χ0) is 20.8. The molecule has 2 aromatic heterocycles. The van der Waals surface area contributed by atoms with Crippen LogP contribution in [0.5, 0.6) is 11.6 Å². The lowest BCUT2D eigenvalue weighted by Gasteiger charge is -2.40. The zero-order valence-electron chi connectivity index (χ0n) is 14.6. The summed E-state index contributed by atoms with van der Waals surface area (Å²) in [6, 6.07) is 14.9. The van der Waals surface area contributed by atoms with Gasteiger partial charge in [-0.1, -0.05) is 31.6 Å². The van der Waals surface area contributed by atoms with Crippen LogP contribution in [0.4, 0.5) is 19.4 Å². The van der Waals surface area contributed by atoms with Gasteiger partial charge in [-0.05, 0) is 60.2 Å². The van der Waals surface area contributed by atoms with Gasteiger partial charge in [0.15, 0.2) is 0 Å². The first kappa shape index (κ1) is 19.1. The fourth-order valence-corrected chi connectivity index (χ4v) is 3.46. The summed E-state index contributed by atoms with van der Waals surface area (Å²) in [5.41, 5.74) is 2.15. The molecular formula is C20H13F5N2OS. The van der Waals surface area contributed by atoms with Crippen molar-refractivity contribution < 1.29 is 24.2 Å². The van der Waals surface area contributed by atoms with Crippen molar-refractivity contribution in [1.82, 2.24) is 9.97 Å². The Kier molecular flexibility index (Phi) is 3.89. The van der Waals surface area contributed by atoms with Crippen molar-refractivity contribution in [1.29, 1.82) is 0 Å². The van der Waals surface area contributed by atoms with E-state index in [2.05, 4.69) is 9.97 Å². The molecule has 4 rings (SSSR count). The van der Waals surface area contributed by atoms with Gasteiger partial charge in [0.05, 0.1) is 5.52 Å². The Bertz CT molecular complexity index is 1210. The molecule has 0 unspecified atom stereocenters. The average Bonchev–Trinajstić information content (AvgIpc) is 2.67. The highest BCUT2D eigenvalue weighted by molar-refractivity contribution is 8.45. The maximum absolute atomic E-state index is 12.9. The van der Waals surface area contributed by atoms with E-state index in [4.69, 9.17) is 4.74 Å². The molecule has 0 saturated heterocycles. The SMILES string of the molecule is FS(F)(F)(F)(F)c1ccc(Oc2ncccc2-c2ccc3ncccc3c2)cc1. The molecule has 2 aromatic carbocycles. The topological polar surface area (TPSA) is 35.0 Å². The molecule has 0 fully saturated rings. The third-order valence-electron chi connectivity index (χ3n) is 4.17. The monoisotopic (exact) mass is 424 g/mol. The molecule has 29 heavy (non-hydrogen) atoms. The van der Waals surface area contributed by atoms with E-state index in [1.54, 1.807) is 24.4 Å². The quantitative estimate of drug-likeness (QED) is 0.314. The number of aromatic nitrogens is 2. The summed E-state index contributed by atoms with van der Waals surface area (Å²) in [5.74, 6) is 0.0915. The Morgan fingerprint density at radius 1 is 0.724 bits per heavy atom. The Morgan fingerprint density at radius 3 is 2.14 bits per heavy atom. The molecule has 0 saturated carbocycles. The molecule has 0 atom stereocenters. The Labute approximate surface area is 162 Å². The van der Waals surface area contributed by atoms with Crippen LogP contribution in [0.15, 0.2) is 84.0 Å². The lowest BCUT2D eigenvalue weighted by molar-refractivity contribution is 0.363. The Balaban J connectivity index is 1.69. The maximum Gasteiger partial charge on any atom is 0.310 e. The number of fused-ring (bicyclic) bond motifs is 1. The van der Waals surface area contributed by atoms with Crippen LogP contribution in [0.2, 0.25) is 0 Å². The molecule has 0 radical (unpaired) electrons. The number of benzene rings is 2. The van der Waals surface area contributed by atoms with Crippen molar-refractivity contribution in [2.75, 3.05) is 0 Å². The molecular weight excluding hydrogens is 411 g/mol. The van der Waals surface area contributed by atoms with Crippen molar-refractivity contribution in [3.63, 3.8) is 0 Å². The number of rotatable bonds is 4. The molecule has 150 valence electrons. The lowest BCUT2D eigenvalue weighted by Crippen LogP contribution is -2.05. The number of hydrogen-bond acceptors (Lipinski definition) is 3. The third-order valence-corrected chi connectivity index (χ3v) is 5.33. The van der Waals surface area contributed by atoms with Crippen LogP contribution in [0.1, 0.15) is 0 Å². The van der Waals surface area contributed by atoms with E-state index in [1.165, 1.54) is 6.20 Å². The smallest absolute Gasteiger partial charge is 0.310 e. The first-order valence-corrected chi connectivity index (χ1v) is 10.3. The van der Waals surface area contributed by atoms with Crippen molar-refractivity contribution in [2.24, 2.45) is 0 Å². The number of hydrogen-bond donors (Lipinski definition) is 0. The largest absolute Gasteiger partial charge is 0.438 e. The molecule has 3 nitrogen and oxygen atoms in total. The summed E-state index contributed by atoms with van der Waals surface area (Å²) in [5, 5.41) is 0.889. The zero-order valence-corrected chi connectivity index (χ0v) is 15.4. The second kappa shape index (κ2) is 5.90. The van der Waals surface area contributed by atoms with E-state index in [1.807, 2.05) is 24.3 Å². The molecule has 2 heterocycles. The molecule has 0 amide bonds. The summed E-state index contributed by atoms with van der Waals surface area (Å²) in [4.78, 5) is 6.40. The van der Waals surface area contributed by atoms with Crippen LogP contribution < -0.4 is 4.74 Å². The van der Waals surface area contributed by atoms with Crippen molar-refractivity contribution in [2.45, 2.75) is 4.90 Å². The molecule has 4 aromatic rings. The van der Waals surface area contributed by atoms with Gasteiger partial charge in [-0.25, -0.2) is 4.98 Å². The summed E-state index contributed by atoms with van der Waals surface area (Å²) in [6.07, 6.45) is 3.14. The third kappa shape index (κ3) is 4.14. The van der Waals surface area contributed by atoms with Gasteiger partial charge in [0.1, 0.15) is 10.6 Å². The number of pyridine rings is 2. The van der Waals surface area contributed by atoms with Crippen LogP contribution in [-0.2, 0) is 0 Å². The van der Waals surface area contributed by atoms with Crippen LogP contribution in [-0.4, -0.2) is 9.97 Å². The molecule has 0 aliphatic heterocycles. The molecule has 0 aliphatic rings. The highest BCUT2D eigenvalue weighted by Gasteiger charge is 2.65. The summed E-state index contributed by atoms with van der Waals surface area (Å²) in [7, 11) is -9.72. The standard InChI is InChI=1S/C20H13F5N2OS/c21-29(22,23,24,25)17-8-6-16(7-9-17)28-20-18(4-2-12-27-20)14-5-10-19-15(13-14)3-1-11-26-19/h1-13H. The first-order chi connectivity index (χ1) is 13.5. The van der Waals surface area contributed by atoms with Crippen LogP contribution >= 0.6 is 10.2 Å². The predicted molar refractivity (Wildman–Crippen MR) is 103 cm³/mol. The van der Waals surface area contributed by atoms with Gasteiger partial charge in [0.2, 0.25) is 5.88 Å². The van der Waals surface area contributed by atoms with Gasteiger partial charge in [0.25, 0.3) is 0 Å². The van der Waals surface area contributed by atoms with Crippen LogP contribution in [0, 0.1) is 0 Å². The van der Waals surface area contributed by atoms with E-state index in [-0.39, 0.29) is 11.6 Å². The lowest BCUT2D eigenvalue weighted by atomic mass is 10.0. The minimum absolute atomic E-state index is 0.0435. The van der Waals surface area contributed by atoms with E-state index < -0.39 is 15.1 Å². The normalized spacial score (nSPS) is 14.2. The van der Waals surface area contributed by atoms with E-state index in [0.717, 1.165) is 28.6 Å². The highest BCUT2D eigenvalue weighted by Crippen LogP contribution is 3.02.